The zero-order valence-electron chi connectivity index (χ0n) is 19.7. The van der Waals surface area contributed by atoms with Crippen LogP contribution in [0.1, 0.15) is 36.9 Å². The molecule has 4 aliphatic rings. The van der Waals surface area contributed by atoms with E-state index in [1.807, 2.05) is 0 Å². The Balaban J connectivity index is 1.28. The molecule has 0 aliphatic carbocycles. The van der Waals surface area contributed by atoms with Crippen molar-refractivity contribution in [2.45, 2.75) is 48.6 Å². The van der Waals surface area contributed by atoms with E-state index >= 15 is 0 Å². The van der Waals surface area contributed by atoms with Gasteiger partial charge in [0.05, 0.1) is 27.9 Å². The van der Waals surface area contributed by atoms with Crippen LogP contribution in [0.15, 0.2) is 41.6 Å². The van der Waals surface area contributed by atoms with E-state index in [1.54, 1.807) is 0 Å². The van der Waals surface area contributed by atoms with E-state index in [0.717, 1.165) is 92.3 Å². The van der Waals surface area contributed by atoms with Crippen LogP contribution in [0, 0.1) is 0 Å². The molecule has 34 heavy (non-hydrogen) atoms. The van der Waals surface area contributed by atoms with Gasteiger partial charge in [-0.3, -0.25) is 4.21 Å². The number of rotatable bonds is 3. The summed E-state index contributed by atoms with van der Waals surface area (Å²) < 4.78 is 18.2. The van der Waals surface area contributed by atoms with Crippen molar-refractivity contribution in [2.75, 3.05) is 54.6 Å². The van der Waals surface area contributed by atoms with Crippen LogP contribution in [-0.2, 0) is 27.5 Å². The zero-order chi connectivity index (χ0) is 23.3. The van der Waals surface area contributed by atoms with Crippen LogP contribution in [0.4, 0.5) is 17.5 Å². The van der Waals surface area contributed by atoms with E-state index in [4.69, 9.17) is 14.7 Å². The molecule has 5 heterocycles. The number of hydrogen-bond acceptors (Lipinski definition) is 8. The van der Waals surface area contributed by atoms with Crippen molar-refractivity contribution >= 4 is 28.3 Å². The minimum Gasteiger partial charge on any atom is -0.381 e. The molecule has 180 valence electrons. The number of aryl methyl sites for hydroxylation is 1. The highest BCUT2D eigenvalue weighted by Crippen LogP contribution is 2.46. The van der Waals surface area contributed by atoms with Gasteiger partial charge in [0.15, 0.2) is 0 Å². The molecule has 0 bridgehead atoms. The number of nitrogens with one attached hydrogen (secondary N) is 2. The van der Waals surface area contributed by atoms with Gasteiger partial charge in [0, 0.05) is 62.8 Å². The SMILES string of the molecule is C=C1Nc2ccccc2C2(CCN(c3nc4c(c(NC5CCOCC5)n3)S(=O)CC4)CC2)N1C. The number of hydrogen-bond donors (Lipinski definition) is 2. The number of para-hydroxylation sites is 1. The number of benzene rings is 1. The second kappa shape index (κ2) is 8.53. The highest BCUT2D eigenvalue weighted by atomic mass is 32.2. The molecule has 2 aromatic rings. The van der Waals surface area contributed by atoms with Crippen LogP contribution >= 0.6 is 0 Å². The largest absolute Gasteiger partial charge is 0.381 e. The van der Waals surface area contributed by atoms with Crippen molar-refractivity contribution in [3.05, 3.63) is 47.9 Å². The molecule has 0 saturated carbocycles. The fraction of sp³-hybridized carbons (Fsp3) is 0.520. The van der Waals surface area contributed by atoms with Crippen molar-refractivity contribution in [1.29, 1.82) is 0 Å². The highest BCUT2D eigenvalue weighted by Gasteiger charge is 2.45. The number of aromatic nitrogens is 2. The summed E-state index contributed by atoms with van der Waals surface area (Å²) in [7, 11) is 1.11. The summed E-state index contributed by atoms with van der Waals surface area (Å²) in [6.07, 6.45) is 4.54. The van der Waals surface area contributed by atoms with E-state index in [9.17, 15) is 4.21 Å². The summed E-state index contributed by atoms with van der Waals surface area (Å²) in [6.45, 7) is 7.48. The summed E-state index contributed by atoms with van der Waals surface area (Å²) in [5.41, 5.74) is 3.34. The number of piperidine rings is 1. The Labute approximate surface area is 203 Å². The number of fused-ring (bicyclic) bond motifs is 3. The van der Waals surface area contributed by atoms with Crippen molar-refractivity contribution in [2.24, 2.45) is 0 Å². The van der Waals surface area contributed by atoms with Crippen LogP contribution in [0.2, 0.25) is 0 Å². The van der Waals surface area contributed by atoms with Gasteiger partial charge in [-0.2, -0.15) is 4.98 Å². The molecule has 1 spiro atoms. The van der Waals surface area contributed by atoms with Crippen molar-refractivity contribution in [3.8, 4) is 0 Å². The standard InChI is InChI=1S/C25H32N6O2S/c1-17-26-20-6-4-3-5-19(20)25(30(17)2)10-12-31(13-11-25)24-28-21-9-16-34(32)22(21)23(29-24)27-18-7-14-33-15-8-18/h3-6,18,26H,1,7-16H2,2H3,(H,27,28,29). The molecule has 4 aliphatic heterocycles. The molecule has 0 amide bonds. The fourth-order valence-electron chi connectivity index (χ4n) is 5.82. The van der Waals surface area contributed by atoms with Gasteiger partial charge < -0.3 is 25.2 Å². The van der Waals surface area contributed by atoms with Crippen molar-refractivity contribution in [1.82, 2.24) is 14.9 Å². The Morgan fingerprint density at radius 2 is 1.97 bits per heavy atom. The van der Waals surface area contributed by atoms with Crippen molar-refractivity contribution < 1.29 is 8.95 Å². The van der Waals surface area contributed by atoms with E-state index in [1.165, 1.54) is 5.56 Å². The molecule has 6 rings (SSSR count). The van der Waals surface area contributed by atoms with Gasteiger partial charge in [-0.1, -0.05) is 24.8 Å². The first-order chi connectivity index (χ1) is 16.5. The number of nitrogens with zero attached hydrogens (tertiary/aromatic N) is 4. The zero-order valence-corrected chi connectivity index (χ0v) is 20.5. The maximum Gasteiger partial charge on any atom is 0.227 e. The van der Waals surface area contributed by atoms with Crippen LogP contribution in [0.3, 0.4) is 0 Å². The van der Waals surface area contributed by atoms with Gasteiger partial charge >= 0.3 is 0 Å². The fourth-order valence-corrected chi connectivity index (χ4v) is 7.13. The van der Waals surface area contributed by atoms with Crippen molar-refractivity contribution in [3.63, 3.8) is 0 Å². The monoisotopic (exact) mass is 480 g/mol. The van der Waals surface area contributed by atoms with Gasteiger partial charge in [-0.15, -0.1) is 0 Å². The van der Waals surface area contributed by atoms with Gasteiger partial charge in [0.2, 0.25) is 5.95 Å². The Hall–Kier alpha value is -2.65. The Morgan fingerprint density at radius 1 is 1.21 bits per heavy atom. The first kappa shape index (κ1) is 21.9. The second-order valence-electron chi connectivity index (χ2n) is 9.67. The van der Waals surface area contributed by atoms with E-state index in [2.05, 4.69) is 58.3 Å². The normalized spacial score (nSPS) is 24.0. The smallest absolute Gasteiger partial charge is 0.227 e. The molecular formula is C25H32N6O2S. The minimum atomic E-state index is -1.03. The highest BCUT2D eigenvalue weighted by molar-refractivity contribution is 7.85. The molecule has 1 unspecified atom stereocenters. The first-order valence-electron chi connectivity index (χ1n) is 12.2. The molecule has 9 heteroatoms. The molecule has 2 saturated heterocycles. The first-order valence-corrected chi connectivity index (χ1v) is 13.5. The minimum absolute atomic E-state index is 0.0865. The molecule has 1 aromatic heterocycles. The van der Waals surface area contributed by atoms with Crippen LogP contribution in [0.25, 0.3) is 0 Å². The van der Waals surface area contributed by atoms with E-state index < -0.39 is 10.8 Å². The lowest BCUT2D eigenvalue weighted by Crippen LogP contribution is -2.54. The average Bonchev–Trinajstić information content (AvgIpc) is 3.25. The lowest BCUT2D eigenvalue weighted by Gasteiger charge is -2.52. The Kier molecular flexibility index (Phi) is 5.49. The van der Waals surface area contributed by atoms with E-state index in [-0.39, 0.29) is 5.54 Å². The predicted molar refractivity (Wildman–Crippen MR) is 135 cm³/mol. The third-order valence-corrected chi connectivity index (χ3v) is 9.32. The number of ether oxygens (including phenoxy) is 1. The molecule has 1 aromatic carbocycles. The van der Waals surface area contributed by atoms with Crippen LogP contribution in [-0.4, -0.2) is 64.2 Å². The van der Waals surface area contributed by atoms with Gasteiger partial charge in [0.1, 0.15) is 10.7 Å². The molecular weight excluding hydrogens is 448 g/mol. The average molecular weight is 481 g/mol. The van der Waals surface area contributed by atoms with Gasteiger partial charge in [-0.25, -0.2) is 4.98 Å². The maximum absolute atomic E-state index is 12.7. The molecule has 0 radical (unpaired) electrons. The summed E-state index contributed by atoms with van der Waals surface area (Å²) in [5, 5.41) is 7.04. The van der Waals surface area contributed by atoms with E-state index in [0.29, 0.717) is 11.8 Å². The molecule has 8 nitrogen and oxygen atoms in total. The lowest BCUT2D eigenvalue weighted by molar-refractivity contribution is 0.0903. The summed E-state index contributed by atoms with van der Waals surface area (Å²) in [4.78, 5) is 15.3. The maximum atomic E-state index is 12.7. The third kappa shape index (κ3) is 3.56. The van der Waals surface area contributed by atoms with Gasteiger partial charge in [-0.05, 0) is 31.7 Å². The summed E-state index contributed by atoms with van der Waals surface area (Å²) in [6, 6.07) is 8.86. The van der Waals surface area contributed by atoms with Crippen LogP contribution in [0.5, 0.6) is 0 Å². The predicted octanol–water partition coefficient (Wildman–Crippen LogP) is 3.06. The molecule has 2 fully saturated rings. The molecule has 2 N–H and O–H groups in total. The summed E-state index contributed by atoms with van der Waals surface area (Å²) >= 11 is 0. The number of anilines is 3. The Morgan fingerprint density at radius 3 is 2.76 bits per heavy atom. The topological polar surface area (TPSA) is 82.6 Å². The second-order valence-corrected chi connectivity index (χ2v) is 11.2. The van der Waals surface area contributed by atoms with Gasteiger partial charge in [0.25, 0.3) is 0 Å². The quantitative estimate of drug-likeness (QED) is 0.694. The van der Waals surface area contributed by atoms with Crippen LogP contribution < -0.4 is 15.5 Å². The Bertz CT molecular complexity index is 1140. The summed E-state index contributed by atoms with van der Waals surface area (Å²) in [5.74, 6) is 3.09. The molecule has 1 atom stereocenters. The lowest BCUT2D eigenvalue weighted by atomic mass is 9.77. The third-order valence-electron chi connectivity index (χ3n) is 7.87.